The first-order valence-corrected chi connectivity index (χ1v) is 9.35. The van der Waals surface area contributed by atoms with Gasteiger partial charge in [0.15, 0.2) is 0 Å². The molecular weight excluding hydrogens is 346 g/mol. The molecule has 2 rings (SSSR count). The Morgan fingerprint density at radius 3 is 2.22 bits per heavy atom. The van der Waals surface area contributed by atoms with Gasteiger partial charge in [-0.3, -0.25) is 14.5 Å². The molecule has 1 heterocycles. The molecule has 1 aromatic rings. The smallest absolute Gasteiger partial charge is 0.325 e. The number of hydrogen-bond donors (Lipinski definition) is 2. The number of amides is 4. The van der Waals surface area contributed by atoms with Gasteiger partial charge in [0.05, 0.1) is 13.2 Å². The summed E-state index contributed by atoms with van der Waals surface area (Å²) in [5.74, 6) is 0.174. The van der Waals surface area contributed by atoms with Crippen LogP contribution in [-0.4, -0.2) is 41.9 Å². The lowest BCUT2D eigenvalue weighted by atomic mass is 9.93. The Morgan fingerprint density at radius 2 is 1.78 bits per heavy atom. The highest BCUT2D eigenvalue weighted by molar-refractivity contribution is 6.09. The predicted molar refractivity (Wildman–Crippen MR) is 102 cm³/mol. The monoisotopic (exact) mass is 375 g/mol. The zero-order valence-electron chi connectivity index (χ0n) is 16.7. The number of carbonyl (C=O) groups is 3. The molecule has 0 bridgehead atoms. The third-order valence-electron chi connectivity index (χ3n) is 5.21. The summed E-state index contributed by atoms with van der Waals surface area (Å²) in [5.41, 5.74) is 0.0398. The van der Waals surface area contributed by atoms with Gasteiger partial charge in [0, 0.05) is 0 Å². The summed E-state index contributed by atoms with van der Waals surface area (Å²) in [6.45, 7) is 7.42. The highest BCUT2D eigenvalue weighted by atomic mass is 16.5. The summed E-state index contributed by atoms with van der Waals surface area (Å²) in [4.78, 5) is 38.4. The number of nitrogens with zero attached hydrogens (tertiary/aromatic N) is 1. The van der Waals surface area contributed by atoms with Gasteiger partial charge in [-0.2, -0.15) is 0 Å². The first kappa shape index (κ1) is 20.7. The van der Waals surface area contributed by atoms with Crippen LogP contribution < -0.4 is 15.4 Å². The lowest BCUT2D eigenvalue weighted by Crippen LogP contribution is -2.47. The number of ether oxygens (including phenoxy) is 1. The molecule has 7 heteroatoms. The summed E-state index contributed by atoms with van der Waals surface area (Å²) in [7, 11) is 1.60. The number of carbonyl (C=O) groups excluding carboxylic acids is 3. The Bertz CT molecular complexity index is 696. The molecule has 1 aromatic carbocycles. The number of benzene rings is 1. The van der Waals surface area contributed by atoms with Crippen LogP contribution in [0.5, 0.6) is 5.75 Å². The largest absolute Gasteiger partial charge is 0.497 e. The normalized spacial score (nSPS) is 17.0. The molecular formula is C20H29N3O4. The lowest BCUT2D eigenvalue weighted by Gasteiger charge is -2.25. The van der Waals surface area contributed by atoms with Crippen LogP contribution >= 0.6 is 0 Å². The van der Waals surface area contributed by atoms with Gasteiger partial charge in [-0.25, -0.2) is 4.79 Å². The van der Waals surface area contributed by atoms with Crippen molar-refractivity contribution in [2.45, 2.75) is 52.1 Å². The Hall–Kier alpha value is -2.57. The number of imide groups is 1. The van der Waals surface area contributed by atoms with Crippen LogP contribution in [-0.2, 0) is 9.59 Å². The van der Waals surface area contributed by atoms with Crippen LogP contribution in [0.15, 0.2) is 24.3 Å². The van der Waals surface area contributed by atoms with E-state index in [0.717, 1.165) is 16.2 Å². The summed E-state index contributed by atoms with van der Waals surface area (Å²) >= 11 is 0. The van der Waals surface area contributed by atoms with Crippen LogP contribution in [0.1, 0.15) is 52.1 Å². The second kappa shape index (κ2) is 8.41. The zero-order chi connectivity index (χ0) is 20.2. The predicted octanol–water partition coefficient (Wildman–Crippen LogP) is 2.62. The molecule has 0 radical (unpaired) electrons. The van der Waals surface area contributed by atoms with E-state index < -0.39 is 11.6 Å². The van der Waals surface area contributed by atoms with Crippen molar-refractivity contribution in [3.63, 3.8) is 0 Å². The molecule has 148 valence electrons. The van der Waals surface area contributed by atoms with Gasteiger partial charge >= 0.3 is 6.03 Å². The molecule has 7 nitrogen and oxygen atoms in total. The number of hydrogen-bond acceptors (Lipinski definition) is 4. The average molecular weight is 375 g/mol. The molecule has 1 saturated heterocycles. The first-order valence-electron chi connectivity index (χ1n) is 9.35. The van der Waals surface area contributed by atoms with E-state index in [1.54, 1.807) is 7.11 Å². The van der Waals surface area contributed by atoms with Crippen LogP contribution in [0, 0.1) is 5.92 Å². The zero-order valence-corrected chi connectivity index (χ0v) is 16.7. The van der Waals surface area contributed by atoms with Gasteiger partial charge in [0.2, 0.25) is 5.91 Å². The first-order chi connectivity index (χ1) is 12.8. The molecule has 2 N–H and O–H groups in total. The minimum absolute atomic E-state index is 0.135. The third kappa shape index (κ3) is 4.23. The molecule has 4 amide bonds. The molecule has 0 unspecified atom stereocenters. The van der Waals surface area contributed by atoms with Crippen molar-refractivity contribution in [3.05, 3.63) is 29.8 Å². The van der Waals surface area contributed by atoms with Gasteiger partial charge in [0.25, 0.3) is 5.91 Å². The molecule has 0 spiro atoms. The number of urea groups is 1. The number of nitrogens with one attached hydrogen (secondary N) is 2. The van der Waals surface area contributed by atoms with E-state index in [4.69, 9.17) is 4.74 Å². The second-order valence-corrected chi connectivity index (χ2v) is 7.17. The quantitative estimate of drug-likeness (QED) is 0.684. The van der Waals surface area contributed by atoms with E-state index in [1.807, 2.05) is 52.0 Å². The van der Waals surface area contributed by atoms with Crippen molar-refractivity contribution < 1.29 is 19.1 Å². The fourth-order valence-corrected chi connectivity index (χ4v) is 3.36. The maximum absolute atomic E-state index is 12.6. The summed E-state index contributed by atoms with van der Waals surface area (Å²) in [6.07, 6.45) is 0.985. The van der Waals surface area contributed by atoms with E-state index in [9.17, 15) is 14.4 Å². The minimum atomic E-state index is -0.898. The topological polar surface area (TPSA) is 87.7 Å². The van der Waals surface area contributed by atoms with E-state index >= 15 is 0 Å². The van der Waals surface area contributed by atoms with Crippen molar-refractivity contribution in [3.8, 4) is 5.75 Å². The van der Waals surface area contributed by atoms with E-state index in [2.05, 4.69) is 10.6 Å². The van der Waals surface area contributed by atoms with Crippen molar-refractivity contribution in [2.24, 2.45) is 5.92 Å². The van der Waals surface area contributed by atoms with Gasteiger partial charge in [-0.15, -0.1) is 0 Å². The fourth-order valence-electron chi connectivity index (χ4n) is 3.36. The Kier molecular flexibility index (Phi) is 6.46. The van der Waals surface area contributed by atoms with Crippen LogP contribution in [0.2, 0.25) is 0 Å². The summed E-state index contributed by atoms with van der Waals surface area (Å²) < 4.78 is 5.17. The van der Waals surface area contributed by atoms with Gasteiger partial charge < -0.3 is 15.4 Å². The Labute approximate surface area is 160 Å². The SMILES string of the molecule is CCC1(CC)NC(=O)N(CC(=O)N[C@@H](c2ccc(OC)cc2)C(C)C)C1=O. The fraction of sp³-hybridized carbons (Fsp3) is 0.550. The highest BCUT2D eigenvalue weighted by Crippen LogP contribution is 2.26. The molecule has 1 aliphatic rings. The van der Waals surface area contributed by atoms with Crippen molar-refractivity contribution in [1.29, 1.82) is 0 Å². The molecule has 1 atom stereocenters. The van der Waals surface area contributed by atoms with Gasteiger partial charge in [0.1, 0.15) is 17.8 Å². The van der Waals surface area contributed by atoms with E-state index in [0.29, 0.717) is 12.8 Å². The number of methoxy groups -OCH3 is 1. The third-order valence-corrected chi connectivity index (χ3v) is 5.21. The number of rotatable bonds is 8. The Balaban J connectivity index is 2.10. The molecule has 27 heavy (non-hydrogen) atoms. The maximum Gasteiger partial charge on any atom is 0.325 e. The summed E-state index contributed by atoms with van der Waals surface area (Å²) in [5, 5.41) is 5.68. The van der Waals surface area contributed by atoms with Crippen molar-refractivity contribution in [2.75, 3.05) is 13.7 Å². The van der Waals surface area contributed by atoms with Crippen molar-refractivity contribution >= 4 is 17.8 Å². The molecule has 1 fully saturated rings. The molecule has 0 aromatic heterocycles. The Morgan fingerprint density at radius 1 is 1.19 bits per heavy atom. The molecule has 0 saturated carbocycles. The maximum atomic E-state index is 12.6. The van der Waals surface area contributed by atoms with Gasteiger partial charge in [-0.1, -0.05) is 39.8 Å². The standard InChI is InChI=1S/C20H29N3O4/c1-6-20(7-2)18(25)23(19(26)22-20)12-16(24)21-17(13(3)4)14-8-10-15(27-5)11-9-14/h8-11,13,17H,6-7,12H2,1-5H3,(H,21,24)(H,22,26)/t17-/m1/s1. The lowest BCUT2D eigenvalue weighted by molar-refractivity contribution is -0.135. The van der Waals surface area contributed by atoms with E-state index in [-0.39, 0.29) is 30.3 Å². The minimum Gasteiger partial charge on any atom is -0.497 e. The highest BCUT2D eigenvalue weighted by Gasteiger charge is 2.49. The molecule has 1 aliphatic heterocycles. The summed E-state index contributed by atoms with van der Waals surface area (Å²) in [6, 6.07) is 6.74. The van der Waals surface area contributed by atoms with Crippen LogP contribution in [0.4, 0.5) is 4.79 Å². The van der Waals surface area contributed by atoms with Crippen LogP contribution in [0.25, 0.3) is 0 Å². The van der Waals surface area contributed by atoms with Gasteiger partial charge in [-0.05, 0) is 36.5 Å². The average Bonchev–Trinajstić information content (AvgIpc) is 2.90. The second-order valence-electron chi connectivity index (χ2n) is 7.17. The molecule has 0 aliphatic carbocycles. The van der Waals surface area contributed by atoms with Crippen LogP contribution in [0.3, 0.4) is 0 Å². The van der Waals surface area contributed by atoms with E-state index in [1.165, 1.54) is 0 Å². The van der Waals surface area contributed by atoms with Crippen molar-refractivity contribution in [1.82, 2.24) is 15.5 Å².